The molecule has 4 aromatic rings. The Morgan fingerprint density at radius 3 is 2.64 bits per heavy atom. The van der Waals surface area contributed by atoms with Crippen molar-refractivity contribution in [2.75, 3.05) is 4.90 Å². The molecule has 1 unspecified atom stereocenters. The van der Waals surface area contributed by atoms with Crippen LogP contribution in [0.2, 0.25) is 10.0 Å². The molecule has 0 fully saturated rings. The van der Waals surface area contributed by atoms with E-state index in [4.69, 9.17) is 27.6 Å². The zero-order chi connectivity index (χ0) is 25.4. The lowest BCUT2D eigenvalue weighted by Crippen LogP contribution is -2.31. The van der Waals surface area contributed by atoms with Crippen molar-refractivity contribution in [3.05, 3.63) is 104 Å². The van der Waals surface area contributed by atoms with Crippen molar-refractivity contribution in [3.63, 3.8) is 0 Å². The number of ketones is 1. The lowest BCUT2D eigenvalue weighted by Gasteiger charge is -2.23. The van der Waals surface area contributed by atoms with Crippen LogP contribution in [0.4, 0.5) is 5.13 Å². The Bertz CT molecular complexity index is 1490. The number of nitrogens with zero attached hydrogens (tertiary/aromatic N) is 3. The molecule has 1 atom stereocenters. The van der Waals surface area contributed by atoms with Gasteiger partial charge < -0.3 is 9.52 Å². The molecule has 1 N–H and O–H groups in total. The van der Waals surface area contributed by atoms with Crippen molar-refractivity contribution in [3.8, 4) is 0 Å². The summed E-state index contributed by atoms with van der Waals surface area (Å²) in [4.78, 5) is 27.8. The summed E-state index contributed by atoms with van der Waals surface area (Å²) < 4.78 is 6.66. The zero-order valence-electron chi connectivity index (χ0n) is 18.0. The van der Waals surface area contributed by atoms with Crippen molar-refractivity contribution < 1.29 is 19.1 Å². The zero-order valence-corrected chi connectivity index (χ0v) is 22.8. The second kappa shape index (κ2) is 10.4. The van der Waals surface area contributed by atoms with Crippen molar-refractivity contribution in [1.29, 1.82) is 0 Å². The third kappa shape index (κ3) is 4.83. The summed E-state index contributed by atoms with van der Waals surface area (Å²) in [6.07, 6.45) is 1.36. The van der Waals surface area contributed by atoms with E-state index < -0.39 is 23.5 Å². The molecule has 1 aliphatic heterocycles. The highest BCUT2D eigenvalue weighted by Gasteiger charge is 2.46. The number of hydrogen-bond acceptors (Lipinski definition) is 8. The summed E-state index contributed by atoms with van der Waals surface area (Å²) in [5.41, 5.74) is 1.40. The van der Waals surface area contributed by atoms with E-state index in [1.807, 2.05) is 6.07 Å². The number of Topliss-reactive ketones (excluding diaryl/α,β-unsaturated/α-hetero) is 1. The Kier molecular flexibility index (Phi) is 7.23. The molecular weight excluding hydrogens is 609 g/mol. The van der Waals surface area contributed by atoms with E-state index >= 15 is 0 Å². The Balaban J connectivity index is 1.48. The van der Waals surface area contributed by atoms with E-state index in [0.29, 0.717) is 25.7 Å². The summed E-state index contributed by atoms with van der Waals surface area (Å²) in [6.45, 7) is 0. The average Bonchev–Trinajstić information content (AvgIpc) is 3.60. The molecule has 0 saturated heterocycles. The summed E-state index contributed by atoms with van der Waals surface area (Å²) >= 11 is 18.2. The van der Waals surface area contributed by atoms with E-state index in [9.17, 15) is 14.7 Å². The predicted octanol–water partition coefficient (Wildman–Crippen LogP) is 7.28. The van der Waals surface area contributed by atoms with Crippen LogP contribution in [0.25, 0.3) is 0 Å². The van der Waals surface area contributed by atoms with Gasteiger partial charge in [0.2, 0.25) is 10.9 Å². The average molecular weight is 623 g/mol. The standard InChI is InChI=1S/C24H14BrCl2N3O4S2/c25-14-6-3-12(4-7-14)19-18(20(31)17-2-1-9-34-17)21(32)22(33)30(19)23-28-29-24(36-23)35-11-13-5-8-15(26)10-16(13)27/h1-10,19,32H,11H2. The minimum absolute atomic E-state index is 0.0154. The van der Waals surface area contributed by atoms with E-state index in [1.54, 1.807) is 42.5 Å². The molecule has 5 rings (SSSR count). The summed E-state index contributed by atoms with van der Waals surface area (Å²) in [5.74, 6) is -1.45. The summed E-state index contributed by atoms with van der Waals surface area (Å²) in [5, 5.41) is 20.5. The minimum atomic E-state index is -0.917. The molecule has 0 aliphatic carbocycles. The minimum Gasteiger partial charge on any atom is -0.503 e. The Hall–Kier alpha value is -2.63. The van der Waals surface area contributed by atoms with Crippen LogP contribution >= 0.6 is 62.2 Å². The summed E-state index contributed by atoms with van der Waals surface area (Å²) in [6, 6.07) is 14.5. The number of carbonyl (C=O) groups is 2. The number of aliphatic hydroxyl groups excluding tert-OH is 1. The van der Waals surface area contributed by atoms with Crippen LogP contribution in [0.3, 0.4) is 0 Å². The SMILES string of the molecule is O=C(C1=C(O)C(=O)N(c2nnc(SCc3ccc(Cl)cc3Cl)s2)C1c1ccc(Br)cc1)c1ccco1. The van der Waals surface area contributed by atoms with Crippen molar-refractivity contribution in [2.45, 2.75) is 16.1 Å². The van der Waals surface area contributed by atoms with Gasteiger partial charge in [-0.1, -0.05) is 80.4 Å². The van der Waals surface area contributed by atoms with Gasteiger partial charge in [-0.2, -0.15) is 0 Å². The number of furan rings is 1. The van der Waals surface area contributed by atoms with Crippen LogP contribution in [-0.4, -0.2) is 27.0 Å². The van der Waals surface area contributed by atoms with Crippen LogP contribution < -0.4 is 4.90 Å². The Labute approximate surface area is 231 Å². The maximum absolute atomic E-state index is 13.3. The first-order valence-electron chi connectivity index (χ1n) is 10.3. The quantitative estimate of drug-likeness (QED) is 0.131. The van der Waals surface area contributed by atoms with Crippen molar-refractivity contribution >= 4 is 79.1 Å². The normalized spacial score (nSPS) is 15.7. The number of amides is 1. The fourth-order valence-electron chi connectivity index (χ4n) is 3.67. The van der Waals surface area contributed by atoms with Gasteiger partial charge in [0.25, 0.3) is 5.91 Å². The molecule has 12 heteroatoms. The molecule has 2 aromatic heterocycles. The van der Waals surface area contributed by atoms with Crippen LogP contribution in [0.1, 0.15) is 27.7 Å². The number of rotatable bonds is 7. The van der Waals surface area contributed by atoms with Gasteiger partial charge in [0, 0.05) is 20.3 Å². The molecule has 0 radical (unpaired) electrons. The number of anilines is 1. The molecule has 0 spiro atoms. The third-order valence-corrected chi connectivity index (χ3v) is 8.57. The van der Waals surface area contributed by atoms with Gasteiger partial charge in [-0.15, -0.1) is 10.2 Å². The van der Waals surface area contributed by atoms with E-state index in [2.05, 4.69) is 26.1 Å². The van der Waals surface area contributed by atoms with Crippen LogP contribution in [0.15, 0.2) is 85.4 Å². The monoisotopic (exact) mass is 621 g/mol. The third-order valence-electron chi connectivity index (χ3n) is 5.35. The molecule has 3 heterocycles. The second-order valence-corrected chi connectivity index (χ2v) is 11.5. The van der Waals surface area contributed by atoms with Gasteiger partial charge in [0.1, 0.15) is 0 Å². The number of aliphatic hydroxyl groups is 1. The fraction of sp³-hybridized carbons (Fsp3) is 0.0833. The first-order valence-corrected chi connectivity index (χ1v) is 13.7. The largest absolute Gasteiger partial charge is 0.503 e. The van der Waals surface area contributed by atoms with Gasteiger partial charge in [-0.25, -0.2) is 0 Å². The van der Waals surface area contributed by atoms with Crippen LogP contribution in [0, 0.1) is 0 Å². The predicted molar refractivity (Wildman–Crippen MR) is 143 cm³/mol. The van der Waals surface area contributed by atoms with Gasteiger partial charge >= 0.3 is 0 Å². The molecular formula is C24H14BrCl2N3O4S2. The van der Waals surface area contributed by atoms with E-state index in [-0.39, 0.29) is 16.5 Å². The molecule has 0 bridgehead atoms. The maximum atomic E-state index is 13.3. The number of thioether (sulfide) groups is 1. The van der Waals surface area contributed by atoms with Gasteiger partial charge in [-0.3, -0.25) is 14.5 Å². The highest BCUT2D eigenvalue weighted by molar-refractivity contribution is 9.10. The molecule has 0 saturated carbocycles. The van der Waals surface area contributed by atoms with Crippen LogP contribution in [0.5, 0.6) is 0 Å². The molecule has 1 aliphatic rings. The van der Waals surface area contributed by atoms with Gasteiger partial charge in [0.15, 0.2) is 15.9 Å². The fourth-order valence-corrected chi connectivity index (χ4v) is 6.36. The number of benzene rings is 2. The number of halogens is 3. The highest BCUT2D eigenvalue weighted by Crippen LogP contribution is 2.44. The number of carbonyl (C=O) groups excluding carboxylic acids is 2. The Morgan fingerprint density at radius 1 is 1.17 bits per heavy atom. The van der Waals surface area contributed by atoms with Crippen molar-refractivity contribution in [1.82, 2.24) is 10.2 Å². The van der Waals surface area contributed by atoms with E-state index in [1.165, 1.54) is 40.3 Å². The van der Waals surface area contributed by atoms with Crippen LogP contribution in [-0.2, 0) is 10.5 Å². The number of aromatic nitrogens is 2. The lowest BCUT2D eigenvalue weighted by atomic mass is 9.95. The summed E-state index contributed by atoms with van der Waals surface area (Å²) in [7, 11) is 0. The Morgan fingerprint density at radius 2 is 1.94 bits per heavy atom. The first kappa shape index (κ1) is 25.0. The maximum Gasteiger partial charge on any atom is 0.296 e. The van der Waals surface area contributed by atoms with Gasteiger partial charge in [-0.05, 0) is 47.5 Å². The van der Waals surface area contributed by atoms with Gasteiger partial charge in [0.05, 0.1) is 17.9 Å². The number of hydrogen-bond donors (Lipinski definition) is 1. The highest BCUT2D eigenvalue weighted by atomic mass is 79.9. The lowest BCUT2D eigenvalue weighted by molar-refractivity contribution is -0.117. The first-order chi connectivity index (χ1) is 17.3. The molecule has 1 amide bonds. The molecule has 36 heavy (non-hydrogen) atoms. The molecule has 7 nitrogen and oxygen atoms in total. The topological polar surface area (TPSA) is 96.5 Å². The smallest absolute Gasteiger partial charge is 0.296 e. The molecule has 2 aromatic carbocycles. The van der Waals surface area contributed by atoms with E-state index in [0.717, 1.165) is 10.0 Å². The van der Waals surface area contributed by atoms with Crippen molar-refractivity contribution in [2.24, 2.45) is 0 Å². The second-order valence-electron chi connectivity index (χ2n) is 7.57. The molecule has 182 valence electrons.